The van der Waals surface area contributed by atoms with Crippen LogP contribution in [0.3, 0.4) is 0 Å². The van der Waals surface area contributed by atoms with Crippen LogP contribution in [0.5, 0.6) is 11.5 Å². The Bertz CT molecular complexity index is 644. The molecule has 0 saturated carbocycles. The molecular weight excluding hydrogens is 488 g/mol. The number of aliphatic imine (C=N–C) groups is 1. The number of ether oxygens (including phenoxy) is 2. The molecular formula is C18H28F3IN4O2. The molecule has 28 heavy (non-hydrogen) atoms. The Hall–Kier alpha value is -1.43. The minimum atomic E-state index is -4.17. The minimum absolute atomic E-state index is 0. The van der Waals surface area contributed by atoms with Gasteiger partial charge in [-0.3, -0.25) is 4.90 Å². The molecule has 0 aliphatic carbocycles. The van der Waals surface area contributed by atoms with Gasteiger partial charge in [-0.2, -0.15) is 13.2 Å². The van der Waals surface area contributed by atoms with Gasteiger partial charge in [0, 0.05) is 25.7 Å². The number of hydrogen-bond donors (Lipinski definition) is 2. The summed E-state index contributed by atoms with van der Waals surface area (Å²) in [7, 11) is 3.15. The van der Waals surface area contributed by atoms with Crippen LogP contribution in [0.1, 0.15) is 18.9 Å². The molecule has 1 aliphatic heterocycles. The molecule has 6 nitrogen and oxygen atoms in total. The summed E-state index contributed by atoms with van der Waals surface area (Å²) in [5.74, 6) is 1.86. The molecule has 1 unspecified atom stereocenters. The van der Waals surface area contributed by atoms with Crippen molar-refractivity contribution in [3.8, 4) is 11.5 Å². The first kappa shape index (κ1) is 24.6. The Morgan fingerprint density at radius 1 is 1.25 bits per heavy atom. The third-order valence-electron chi connectivity index (χ3n) is 4.23. The molecule has 2 rings (SSSR count). The standard InChI is InChI=1S/C18H27F3N4O2.HI/c1-4-22-17(24-14-7-8-25(11-14)12-18(19,20)21)23-10-13-5-6-15(26-2)16(9-13)27-3;/h5-6,9,14H,4,7-8,10-12H2,1-3H3,(H2,22,23,24);1H. The summed E-state index contributed by atoms with van der Waals surface area (Å²) in [6.07, 6.45) is -3.52. The van der Waals surface area contributed by atoms with Crippen LogP contribution >= 0.6 is 24.0 Å². The maximum Gasteiger partial charge on any atom is 0.401 e. The molecule has 0 spiro atoms. The lowest BCUT2D eigenvalue weighted by atomic mass is 10.2. The molecule has 1 saturated heterocycles. The summed E-state index contributed by atoms with van der Waals surface area (Å²) in [6, 6.07) is 5.51. The van der Waals surface area contributed by atoms with Crippen molar-refractivity contribution in [1.82, 2.24) is 15.5 Å². The zero-order valence-electron chi connectivity index (χ0n) is 16.3. The smallest absolute Gasteiger partial charge is 0.401 e. The van der Waals surface area contributed by atoms with E-state index in [2.05, 4.69) is 15.6 Å². The van der Waals surface area contributed by atoms with Gasteiger partial charge in [0.1, 0.15) is 0 Å². The second-order valence-corrected chi connectivity index (χ2v) is 6.36. The lowest BCUT2D eigenvalue weighted by Crippen LogP contribution is -2.45. The number of alkyl halides is 3. The third-order valence-corrected chi connectivity index (χ3v) is 4.23. The van der Waals surface area contributed by atoms with E-state index in [0.29, 0.717) is 50.1 Å². The van der Waals surface area contributed by atoms with Crippen molar-refractivity contribution in [2.45, 2.75) is 32.1 Å². The summed E-state index contributed by atoms with van der Waals surface area (Å²) in [5, 5.41) is 6.36. The fraction of sp³-hybridized carbons (Fsp3) is 0.611. The zero-order valence-corrected chi connectivity index (χ0v) is 18.6. The second-order valence-electron chi connectivity index (χ2n) is 6.36. The van der Waals surface area contributed by atoms with Gasteiger partial charge in [0.25, 0.3) is 0 Å². The number of nitrogens with one attached hydrogen (secondary N) is 2. The average molecular weight is 516 g/mol. The molecule has 1 aromatic rings. The fourth-order valence-electron chi connectivity index (χ4n) is 3.01. The topological polar surface area (TPSA) is 58.1 Å². The van der Waals surface area contributed by atoms with E-state index in [1.807, 2.05) is 25.1 Å². The molecule has 10 heteroatoms. The van der Waals surface area contributed by atoms with E-state index in [4.69, 9.17) is 9.47 Å². The van der Waals surface area contributed by atoms with Gasteiger partial charge in [-0.1, -0.05) is 6.07 Å². The summed E-state index contributed by atoms with van der Waals surface area (Å²) in [5.41, 5.74) is 0.940. The van der Waals surface area contributed by atoms with Crippen molar-refractivity contribution in [2.24, 2.45) is 4.99 Å². The first-order valence-corrected chi connectivity index (χ1v) is 8.89. The lowest BCUT2D eigenvalue weighted by Gasteiger charge is -2.19. The number of benzene rings is 1. The molecule has 1 heterocycles. The molecule has 0 bridgehead atoms. The molecule has 160 valence electrons. The Balaban J connectivity index is 0.00000392. The molecule has 1 atom stereocenters. The predicted molar refractivity (Wildman–Crippen MR) is 114 cm³/mol. The number of guanidine groups is 1. The van der Waals surface area contributed by atoms with Crippen molar-refractivity contribution in [3.05, 3.63) is 23.8 Å². The molecule has 1 fully saturated rings. The van der Waals surface area contributed by atoms with E-state index in [1.54, 1.807) is 14.2 Å². The number of rotatable bonds is 7. The molecule has 1 aromatic carbocycles. The second kappa shape index (κ2) is 11.5. The average Bonchev–Trinajstić information content (AvgIpc) is 3.04. The monoisotopic (exact) mass is 516 g/mol. The Morgan fingerprint density at radius 2 is 1.96 bits per heavy atom. The van der Waals surface area contributed by atoms with Gasteiger partial charge < -0.3 is 20.1 Å². The van der Waals surface area contributed by atoms with Crippen LogP contribution in [0.2, 0.25) is 0 Å². The van der Waals surface area contributed by atoms with Crippen LogP contribution in [-0.2, 0) is 6.54 Å². The highest BCUT2D eigenvalue weighted by molar-refractivity contribution is 14.0. The highest BCUT2D eigenvalue weighted by atomic mass is 127. The number of hydrogen-bond acceptors (Lipinski definition) is 4. The van der Waals surface area contributed by atoms with Crippen LogP contribution in [0, 0.1) is 0 Å². The van der Waals surface area contributed by atoms with E-state index in [1.165, 1.54) is 4.90 Å². The largest absolute Gasteiger partial charge is 0.493 e. The Labute approximate surface area is 180 Å². The van der Waals surface area contributed by atoms with E-state index in [9.17, 15) is 13.2 Å². The summed E-state index contributed by atoms with van der Waals surface area (Å²) in [4.78, 5) is 5.95. The van der Waals surface area contributed by atoms with Gasteiger partial charge >= 0.3 is 6.18 Å². The summed E-state index contributed by atoms with van der Waals surface area (Å²) in [6.45, 7) is 2.92. The van der Waals surface area contributed by atoms with Crippen LogP contribution in [-0.4, -0.2) is 63.5 Å². The number of methoxy groups -OCH3 is 2. The third kappa shape index (κ3) is 7.90. The van der Waals surface area contributed by atoms with Crippen molar-refractivity contribution in [2.75, 3.05) is 40.4 Å². The predicted octanol–water partition coefficient (Wildman–Crippen LogP) is 3.01. The summed E-state index contributed by atoms with van der Waals surface area (Å²) < 4.78 is 48.1. The maximum atomic E-state index is 12.5. The van der Waals surface area contributed by atoms with Crippen LogP contribution in [0.15, 0.2) is 23.2 Å². The lowest BCUT2D eigenvalue weighted by molar-refractivity contribution is -0.143. The summed E-state index contributed by atoms with van der Waals surface area (Å²) >= 11 is 0. The van der Waals surface area contributed by atoms with Crippen LogP contribution < -0.4 is 20.1 Å². The van der Waals surface area contributed by atoms with E-state index in [-0.39, 0.29) is 30.0 Å². The molecule has 1 aliphatic rings. The molecule has 0 amide bonds. The molecule has 0 aromatic heterocycles. The van der Waals surface area contributed by atoms with Gasteiger partial charge in [0.15, 0.2) is 17.5 Å². The highest BCUT2D eigenvalue weighted by Crippen LogP contribution is 2.27. The van der Waals surface area contributed by atoms with E-state index >= 15 is 0 Å². The van der Waals surface area contributed by atoms with Crippen molar-refractivity contribution < 1.29 is 22.6 Å². The quantitative estimate of drug-likeness (QED) is 0.332. The van der Waals surface area contributed by atoms with E-state index < -0.39 is 12.7 Å². The van der Waals surface area contributed by atoms with E-state index in [0.717, 1.165) is 5.56 Å². The van der Waals surface area contributed by atoms with Crippen molar-refractivity contribution in [3.63, 3.8) is 0 Å². The van der Waals surface area contributed by atoms with Gasteiger partial charge in [-0.25, -0.2) is 4.99 Å². The Morgan fingerprint density at radius 3 is 2.57 bits per heavy atom. The zero-order chi connectivity index (χ0) is 19.9. The van der Waals surface area contributed by atoms with Gasteiger partial charge in [0.05, 0.1) is 27.3 Å². The van der Waals surface area contributed by atoms with Crippen LogP contribution in [0.4, 0.5) is 13.2 Å². The fourth-order valence-corrected chi connectivity index (χ4v) is 3.01. The number of nitrogens with zero attached hydrogens (tertiary/aromatic N) is 2. The van der Waals surface area contributed by atoms with Gasteiger partial charge in [0.2, 0.25) is 0 Å². The minimum Gasteiger partial charge on any atom is -0.493 e. The SMILES string of the molecule is CCNC(=NCc1ccc(OC)c(OC)c1)NC1CCN(CC(F)(F)F)C1.I. The highest BCUT2D eigenvalue weighted by Gasteiger charge is 2.34. The number of halogens is 4. The van der Waals surface area contributed by atoms with Gasteiger partial charge in [-0.15, -0.1) is 24.0 Å². The first-order chi connectivity index (χ1) is 12.8. The van der Waals surface area contributed by atoms with Crippen molar-refractivity contribution in [1.29, 1.82) is 0 Å². The molecule has 0 radical (unpaired) electrons. The molecule has 2 N–H and O–H groups in total. The van der Waals surface area contributed by atoms with Gasteiger partial charge in [-0.05, 0) is 31.0 Å². The normalized spacial score (nSPS) is 17.8. The first-order valence-electron chi connectivity index (χ1n) is 8.89. The van der Waals surface area contributed by atoms with Crippen molar-refractivity contribution >= 4 is 29.9 Å². The Kier molecular flexibility index (Phi) is 10.1. The van der Waals surface area contributed by atoms with Crippen LogP contribution in [0.25, 0.3) is 0 Å². The number of likely N-dealkylation sites (tertiary alicyclic amines) is 1. The maximum absolute atomic E-state index is 12.5.